The largest absolute Gasteiger partial charge is 0.443 e. The average Bonchev–Trinajstić information content (AvgIpc) is 2.89. The summed E-state index contributed by atoms with van der Waals surface area (Å²) in [4.78, 5) is 4.20. The molecule has 3 atom stereocenters. The van der Waals surface area contributed by atoms with Crippen LogP contribution in [0.1, 0.15) is 42.1 Å². The van der Waals surface area contributed by atoms with E-state index in [1.165, 1.54) is 6.20 Å². The monoisotopic (exact) mass is 278 g/mol. The molecule has 1 fully saturated rings. The highest BCUT2D eigenvalue weighted by Crippen LogP contribution is 2.42. The zero-order valence-corrected chi connectivity index (χ0v) is 11.2. The Labute approximate surface area is 109 Å². The Bertz CT molecular complexity index is 402. The van der Waals surface area contributed by atoms with E-state index in [1.54, 1.807) is 0 Å². The molecule has 1 heterocycles. The van der Waals surface area contributed by atoms with Gasteiger partial charge in [-0.3, -0.25) is 0 Å². The van der Waals surface area contributed by atoms with Crippen LogP contribution in [-0.2, 0) is 6.18 Å². The van der Waals surface area contributed by atoms with E-state index in [0.29, 0.717) is 16.7 Å². The van der Waals surface area contributed by atoms with Gasteiger partial charge in [-0.1, -0.05) is 19.8 Å². The van der Waals surface area contributed by atoms with Crippen LogP contribution in [0.5, 0.6) is 0 Å². The van der Waals surface area contributed by atoms with E-state index in [9.17, 15) is 13.2 Å². The molecule has 1 N–H and O–H groups in total. The molecule has 0 aliphatic heterocycles. The number of nitrogens with zero attached hydrogens (tertiary/aromatic N) is 1. The zero-order chi connectivity index (χ0) is 13.3. The normalized spacial score (nSPS) is 26.5. The van der Waals surface area contributed by atoms with Gasteiger partial charge in [0.1, 0.15) is 0 Å². The van der Waals surface area contributed by atoms with Crippen molar-refractivity contribution < 1.29 is 13.2 Å². The highest BCUT2D eigenvalue weighted by molar-refractivity contribution is 7.11. The van der Waals surface area contributed by atoms with Crippen molar-refractivity contribution in [2.24, 2.45) is 11.8 Å². The Balaban J connectivity index is 2.20. The number of hydrogen-bond acceptors (Lipinski definition) is 3. The summed E-state index contributed by atoms with van der Waals surface area (Å²) in [6.45, 7) is 2.17. The maximum absolute atomic E-state index is 12.5. The average molecular weight is 278 g/mol. The van der Waals surface area contributed by atoms with Crippen molar-refractivity contribution in [3.8, 4) is 0 Å². The van der Waals surface area contributed by atoms with E-state index in [4.69, 9.17) is 0 Å². The van der Waals surface area contributed by atoms with Gasteiger partial charge in [0.05, 0.1) is 0 Å². The first-order chi connectivity index (χ1) is 8.43. The van der Waals surface area contributed by atoms with Gasteiger partial charge in [0, 0.05) is 17.1 Å². The predicted octanol–water partition coefficient (Wildman–Crippen LogP) is 3.86. The molecule has 6 heteroatoms. The number of rotatable bonds is 3. The SMILES string of the molecule is CNC(c1cnc(C(F)(F)F)s1)C1CCCC1C. The van der Waals surface area contributed by atoms with Crippen LogP contribution in [0.25, 0.3) is 0 Å². The molecule has 1 aliphatic rings. The first kappa shape index (κ1) is 13.8. The summed E-state index contributed by atoms with van der Waals surface area (Å²) >= 11 is 0.763. The van der Waals surface area contributed by atoms with Gasteiger partial charge in [-0.15, -0.1) is 11.3 Å². The van der Waals surface area contributed by atoms with E-state index in [0.717, 1.165) is 30.6 Å². The standard InChI is InChI=1S/C12H17F3N2S/c1-7-4-3-5-8(7)10(16-2)9-6-17-11(18-9)12(13,14)15/h6-8,10,16H,3-5H2,1-2H3. The van der Waals surface area contributed by atoms with Crippen molar-refractivity contribution in [1.82, 2.24) is 10.3 Å². The Hall–Kier alpha value is -0.620. The van der Waals surface area contributed by atoms with Crippen molar-refractivity contribution in [2.45, 2.75) is 38.4 Å². The number of alkyl halides is 3. The van der Waals surface area contributed by atoms with Crippen LogP contribution >= 0.6 is 11.3 Å². The Kier molecular flexibility index (Phi) is 3.96. The van der Waals surface area contributed by atoms with Gasteiger partial charge >= 0.3 is 6.18 Å². The Morgan fingerprint density at radius 1 is 1.44 bits per heavy atom. The molecule has 2 nitrogen and oxygen atoms in total. The van der Waals surface area contributed by atoms with Crippen molar-refractivity contribution >= 4 is 11.3 Å². The minimum absolute atomic E-state index is 0.00361. The Morgan fingerprint density at radius 2 is 2.17 bits per heavy atom. The number of halogens is 3. The second-order valence-electron chi connectivity index (χ2n) is 4.90. The van der Waals surface area contributed by atoms with Crippen LogP contribution in [-0.4, -0.2) is 12.0 Å². The molecule has 0 saturated heterocycles. The summed E-state index contributed by atoms with van der Waals surface area (Å²) in [6.07, 6.45) is 0.441. The van der Waals surface area contributed by atoms with Gasteiger partial charge in [0.15, 0.2) is 5.01 Å². The molecular weight excluding hydrogens is 261 g/mol. The first-order valence-electron chi connectivity index (χ1n) is 6.13. The van der Waals surface area contributed by atoms with Crippen LogP contribution in [0.3, 0.4) is 0 Å². The maximum Gasteiger partial charge on any atom is 0.443 e. The molecule has 0 aromatic carbocycles. The fourth-order valence-electron chi connectivity index (χ4n) is 2.80. The number of hydrogen-bond donors (Lipinski definition) is 1. The molecule has 2 rings (SSSR count). The predicted molar refractivity (Wildman–Crippen MR) is 65.4 cm³/mol. The third-order valence-electron chi connectivity index (χ3n) is 3.74. The quantitative estimate of drug-likeness (QED) is 0.908. The van der Waals surface area contributed by atoms with Gasteiger partial charge < -0.3 is 5.32 Å². The Morgan fingerprint density at radius 3 is 2.61 bits per heavy atom. The topological polar surface area (TPSA) is 24.9 Å². The molecule has 18 heavy (non-hydrogen) atoms. The van der Waals surface area contributed by atoms with E-state index in [2.05, 4.69) is 17.2 Å². The lowest BCUT2D eigenvalue weighted by Crippen LogP contribution is -2.26. The second-order valence-corrected chi connectivity index (χ2v) is 5.97. The number of thiazole rings is 1. The third kappa shape index (κ3) is 2.69. The fraction of sp³-hybridized carbons (Fsp3) is 0.750. The molecule has 1 aromatic rings. The summed E-state index contributed by atoms with van der Waals surface area (Å²) in [5.41, 5.74) is 0. The van der Waals surface area contributed by atoms with Crippen molar-refractivity contribution in [2.75, 3.05) is 7.05 Å². The van der Waals surface area contributed by atoms with Crippen LogP contribution in [0.2, 0.25) is 0 Å². The van der Waals surface area contributed by atoms with Gasteiger partial charge in [0.2, 0.25) is 0 Å². The summed E-state index contributed by atoms with van der Waals surface area (Å²) in [6, 6.07) is -0.00361. The van der Waals surface area contributed by atoms with Crippen LogP contribution < -0.4 is 5.32 Å². The molecule has 3 unspecified atom stereocenters. The molecule has 0 bridgehead atoms. The lowest BCUT2D eigenvalue weighted by atomic mass is 9.89. The lowest BCUT2D eigenvalue weighted by Gasteiger charge is -2.25. The van der Waals surface area contributed by atoms with E-state index >= 15 is 0 Å². The zero-order valence-electron chi connectivity index (χ0n) is 10.4. The molecule has 0 radical (unpaired) electrons. The second kappa shape index (κ2) is 5.17. The number of aromatic nitrogens is 1. The molecule has 1 aromatic heterocycles. The van der Waals surface area contributed by atoms with Crippen LogP contribution in [0.4, 0.5) is 13.2 Å². The molecule has 1 aliphatic carbocycles. The molecule has 0 amide bonds. The van der Waals surface area contributed by atoms with Crippen molar-refractivity contribution in [3.05, 3.63) is 16.1 Å². The number of nitrogens with one attached hydrogen (secondary N) is 1. The minimum atomic E-state index is -4.33. The lowest BCUT2D eigenvalue weighted by molar-refractivity contribution is -0.137. The summed E-state index contributed by atoms with van der Waals surface area (Å²) in [7, 11) is 1.81. The van der Waals surface area contributed by atoms with E-state index in [-0.39, 0.29) is 6.04 Å². The maximum atomic E-state index is 12.5. The summed E-state index contributed by atoms with van der Waals surface area (Å²) in [5.74, 6) is 0.968. The van der Waals surface area contributed by atoms with Gasteiger partial charge in [-0.25, -0.2) is 4.98 Å². The first-order valence-corrected chi connectivity index (χ1v) is 6.95. The molecular formula is C12H17F3N2S. The van der Waals surface area contributed by atoms with Gasteiger partial charge in [-0.05, 0) is 25.3 Å². The van der Waals surface area contributed by atoms with Crippen LogP contribution in [0.15, 0.2) is 6.20 Å². The van der Waals surface area contributed by atoms with Gasteiger partial charge in [-0.2, -0.15) is 13.2 Å². The van der Waals surface area contributed by atoms with Crippen molar-refractivity contribution in [1.29, 1.82) is 0 Å². The summed E-state index contributed by atoms with van der Waals surface area (Å²) in [5, 5.41) is 2.41. The van der Waals surface area contributed by atoms with Crippen LogP contribution in [0, 0.1) is 11.8 Å². The smallest absolute Gasteiger partial charge is 0.312 e. The highest BCUT2D eigenvalue weighted by Gasteiger charge is 2.37. The van der Waals surface area contributed by atoms with E-state index in [1.807, 2.05) is 7.05 Å². The minimum Gasteiger partial charge on any atom is -0.312 e. The highest BCUT2D eigenvalue weighted by atomic mass is 32.1. The molecule has 0 spiro atoms. The molecule has 102 valence electrons. The fourth-order valence-corrected chi connectivity index (χ4v) is 3.77. The van der Waals surface area contributed by atoms with Crippen molar-refractivity contribution in [3.63, 3.8) is 0 Å². The van der Waals surface area contributed by atoms with E-state index < -0.39 is 11.2 Å². The summed E-state index contributed by atoms with van der Waals surface area (Å²) < 4.78 is 37.6. The third-order valence-corrected chi connectivity index (χ3v) is 4.86. The van der Waals surface area contributed by atoms with Gasteiger partial charge in [0.25, 0.3) is 0 Å². The molecule has 1 saturated carbocycles.